The summed E-state index contributed by atoms with van der Waals surface area (Å²) in [6.45, 7) is 9.39. The third-order valence-corrected chi connectivity index (χ3v) is 2.31. The lowest BCUT2D eigenvalue weighted by Gasteiger charge is -2.15. The van der Waals surface area contributed by atoms with E-state index >= 15 is 0 Å². The smallest absolute Gasteiger partial charge is 0.165 e. The Kier molecular flexibility index (Phi) is 5.42. The third kappa shape index (κ3) is 4.73. The standard InChI is InChI=1S/C14H22FNO/c1-10(2)9-17-14-12(8-16-11(3)4)6-5-7-13(14)15/h5-7,10-11,16H,8-9H2,1-4H3. The molecule has 0 unspecified atom stereocenters. The topological polar surface area (TPSA) is 21.3 Å². The van der Waals surface area contributed by atoms with Crippen molar-refractivity contribution in [2.45, 2.75) is 40.3 Å². The Labute approximate surface area is 103 Å². The molecule has 0 amide bonds. The molecule has 0 heterocycles. The fraction of sp³-hybridized carbons (Fsp3) is 0.571. The molecule has 0 atom stereocenters. The van der Waals surface area contributed by atoms with Gasteiger partial charge in [0.15, 0.2) is 11.6 Å². The second kappa shape index (κ2) is 6.60. The maximum atomic E-state index is 13.7. The Morgan fingerprint density at radius 2 is 1.94 bits per heavy atom. The van der Waals surface area contributed by atoms with E-state index in [2.05, 4.69) is 19.2 Å². The molecule has 0 aliphatic heterocycles. The first kappa shape index (κ1) is 14.0. The molecule has 0 radical (unpaired) electrons. The molecule has 0 saturated heterocycles. The lowest BCUT2D eigenvalue weighted by atomic mass is 10.1. The van der Waals surface area contributed by atoms with E-state index in [0.29, 0.717) is 30.9 Å². The highest BCUT2D eigenvalue weighted by atomic mass is 19.1. The molecule has 0 fully saturated rings. The largest absolute Gasteiger partial charge is 0.490 e. The van der Waals surface area contributed by atoms with E-state index in [1.807, 2.05) is 19.9 Å². The molecule has 0 saturated carbocycles. The summed E-state index contributed by atoms with van der Waals surface area (Å²) in [7, 11) is 0. The van der Waals surface area contributed by atoms with Crippen molar-refractivity contribution in [3.63, 3.8) is 0 Å². The van der Waals surface area contributed by atoms with Crippen LogP contribution in [0.5, 0.6) is 5.75 Å². The van der Waals surface area contributed by atoms with E-state index in [1.165, 1.54) is 6.07 Å². The number of rotatable bonds is 6. The average Bonchev–Trinajstić information content (AvgIpc) is 2.24. The number of nitrogens with one attached hydrogen (secondary N) is 1. The molecule has 0 bridgehead atoms. The Balaban J connectivity index is 2.76. The summed E-state index contributed by atoms with van der Waals surface area (Å²) in [5.41, 5.74) is 0.874. The zero-order valence-electron chi connectivity index (χ0n) is 11.1. The lowest BCUT2D eigenvalue weighted by molar-refractivity contribution is 0.256. The third-order valence-electron chi connectivity index (χ3n) is 2.31. The van der Waals surface area contributed by atoms with Gasteiger partial charge in [0.25, 0.3) is 0 Å². The minimum absolute atomic E-state index is 0.284. The summed E-state index contributed by atoms with van der Waals surface area (Å²) in [6, 6.07) is 5.42. The van der Waals surface area contributed by atoms with E-state index in [1.54, 1.807) is 6.07 Å². The normalized spacial score (nSPS) is 11.2. The molecule has 2 nitrogen and oxygen atoms in total. The van der Waals surface area contributed by atoms with Gasteiger partial charge in [-0.2, -0.15) is 0 Å². The number of para-hydroxylation sites is 1. The second-order valence-electron chi connectivity index (χ2n) is 4.97. The summed E-state index contributed by atoms with van der Waals surface area (Å²) in [6.07, 6.45) is 0. The van der Waals surface area contributed by atoms with Crippen LogP contribution in [-0.4, -0.2) is 12.6 Å². The number of hydrogen-bond acceptors (Lipinski definition) is 2. The van der Waals surface area contributed by atoms with Crippen LogP contribution < -0.4 is 10.1 Å². The van der Waals surface area contributed by atoms with Crippen LogP contribution >= 0.6 is 0 Å². The van der Waals surface area contributed by atoms with Crippen LogP contribution in [0.15, 0.2) is 18.2 Å². The van der Waals surface area contributed by atoms with Gasteiger partial charge in [-0.05, 0) is 12.0 Å². The van der Waals surface area contributed by atoms with Crippen molar-refractivity contribution in [1.82, 2.24) is 5.32 Å². The molecule has 0 spiro atoms. The number of benzene rings is 1. The Morgan fingerprint density at radius 3 is 2.53 bits per heavy atom. The average molecular weight is 239 g/mol. The van der Waals surface area contributed by atoms with Crippen molar-refractivity contribution in [2.75, 3.05) is 6.61 Å². The van der Waals surface area contributed by atoms with Crippen molar-refractivity contribution in [1.29, 1.82) is 0 Å². The molecule has 1 rings (SSSR count). The Hall–Kier alpha value is -1.09. The molecule has 0 aliphatic carbocycles. The monoisotopic (exact) mass is 239 g/mol. The minimum Gasteiger partial charge on any atom is -0.490 e. The predicted octanol–water partition coefficient (Wildman–Crippen LogP) is 3.36. The summed E-state index contributed by atoms with van der Waals surface area (Å²) in [5.74, 6) is 0.489. The number of ether oxygens (including phenoxy) is 1. The zero-order valence-corrected chi connectivity index (χ0v) is 11.1. The van der Waals surface area contributed by atoms with Crippen LogP contribution in [0.3, 0.4) is 0 Å². The van der Waals surface area contributed by atoms with Gasteiger partial charge < -0.3 is 10.1 Å². The van der Waals surface area contributed by atoms with Crippen LogP contribution in [0.25, 0.3) is 0 Å². The fourth-order valence-corrected chi connectivity index (χ4v) is 1.42. The van der Waals surface area contributed by atoms with Gasteiger partial charge in [-0.3, -0.25) is 0 Å². The van der Waals surface area contributed by atoms with E-state index in [9.17, 15) is 4.39 Å². The SMILES string of the molecule is CC(C)COc1c(F)cccc1CNC(C)C. The highest BCUT2D eigenvalue weighted by Crippen LogP contribution is 2.23. The summed E-state index contributed by atoms with van der Waals surface area (Å²) in [5, 5.41) is 3.27. The van der Waals surface area contributed by atoms with Gasteiger partial charge >= 0.3 is 0 Å². The molecule has 1 N–H and O–H groups in total. The van der Waals surface area contributed by atoms with Crippen molar-refractivity contribution >= 4 is 0 Å². The summed E-state index contributed by atoms with van der Waals surface area (Å²) < 4.78 is 19.2. The van der Waals surface area contributed by atoms with Gasteiger partial charge in [0, 0.05) is 18.2 Å². The van der Waals surface area contributed by atoms with Crippen molar-refractivity contribution in [2.24, 2.45) is 5.92 Å². The zero-order chi connectivity index (χ0) is 12.8. The van der Waals surface area contributed by atoms with E-state index in [-0.39, 0.29) is 5.82 Å². The van der Waals surface area contributed by atoms with Gasteiger partial charge in [0.2, 0.25) is 0 Å². The van der Waals surface area contributed by atoms with Gasteiger partial charge in [0.1, 0.15) is 0 Å². The number of halogens is 1. The van der Waals surface area contributed by atoms with Crippen LogP contribution in [0.2, 0.25) is 0 Å². The summed E-state index contributed by atoms with van der Waals surface area (Å²) >= 11 is 0. The van der Waals surface area contributed by atoms with Crippen molar-refractivity contribution in [3.8, 4) is 5.75 Å². The van der Waals surface area contributed by atoms with Crippen LogP contribution in [-0.2, 0) is 6.54 Å². The summed E-state index contributed by atoms with van der Waals surface area (Å²) in [4.78, 5) is 0. The maximum Gasteiger partial charge on any atom is 0.165 e. The first-order valence-corrected chi connectivity index (χ1v) is 6.14. The first-order chi connectivity index (χ1) is 8.00. The maximum absolute atomic E-state index is 13.7. The van der Waals surface area contributed by atoms with E-state index < -0.39 is 0 Å². The first-order valence-electron chi connectivity index (χ1n) is 6.14. The van der Waals surface area contributed by atoms with Gasteiger partial charge in [-0.1, -0.05) is 39.8 Å². The molecule has 1 aromatic carbocycles. The molecule has 96 valence electrons. The van der Waals surface area contributed by atoms with Crippen molar-refractivity contribution in [3.05, 3.63) is 29.6 Å². The van der Waals surface area contributed by atoms with Crippen LogP contribution in [0, 0.1) is 11.7 Å². The van der Waals surface area contributed by atoms with Gasteiger partial charge in [0.05, 0.1) is 6.61 Å². The Morgan fingerprint density at radius 1 is 1.24 bits per heavy atom. The molecular weight excluding hydrogens is 217 g/mol. The quantitative estimate of drug-likeness (QED) is 0.822. The second-order valence-corrected chi connectivity index (χ2v) is 4.97. The fourth-order valence-electron chi connectivity index (χ4n) is 1.42. The van der Waals surface area contributed by atoms with E-state index in [0.717, 1.165) is 5.56 Å². The molecule has 0 aliphatic rings. The highest BCUT2D eigenvalue weighted by molar-refractivity contribution is 5.34. The van der Waals surface area contributed by atoms with Gasteiger partial charge in [-0.15, -0.1) is 0 Å². The van der Waals surface area contributed by atoms with Crippen molar-refractivity contribution < 1.29 is 9.13 Å². The molecule has 0 aromatic heterocycles. The van der Waals surface area contributed by atoms with Gasteiger partial charge in [-0.25, -0.2) is 4.39 Å². The molecular formula is C14H22FNO. The predicted molar refractivity (Wildman–Crippen MR) is 68.7 cm³/mol. The molecule has 17 heavy (non-hydrogen) atoms. The Bertz CT molecular complexity index is 350. The number of hydrogen-bond donors (Lipinski definition) is 1. The molecule has 3 heteroatoms. The minimum atomic E-state index is -0.284. The lowest BCUT2D eigenvalue weighted by Crippen LogP contribution is -2.22. The van der Waals surface area contributed by atoms with E-state index in [4.69, 9.17) is 4.74 Å². The van der Waals surface area contributed by atoms with Crippen LogP contribution in [0.4, 0.5) is 4.39 Å². The van der Waals surface area contributed by atoms with Crippen LogP contribution in [0.1, 0.15) is 33.3 Å². The molecule has 1 aromatic rings. The highest BCUT2D eigenvalue weighted by Gasteiger charge is 2.10.